The first-order valence-electron chi connectivity index (χ1n) is 10.7. The lowest BCUT2D eigenvalue weighted by molar-refractivity contribution is -0.104. The first-order chi connectivity index (χ1) is 15.0. The summed E-state index contributed by atoms with van der Waals surface area (Å²) >= 11 is 0. The third-order valence-corrected chi connectivity index (χ3v) is 5.13. The van der Waals surface area contributed by atoms with Crippen molar-refractivity contribution in [3.05, 3.63) is 59.8 Å². The summed E-state index contributed by atoms with van der Waals surface area (Å²) in [5.74, 6) is -0.502. The van der Waals surface area contributed by atoms with Crippen molar-refractivity contribution in [2.24, 2.45) is 11.5 Å². The molecule has 7 heteroatoms. The number of H-pyrrole nitrogens is 1. The van der Waals surface area contributed by atoms with Crippen molar-refractivity contribution in [3.63, 3.8) is 0 Å². The lowest BCUT2D eigenvalue weighted by atomic mass is 10.0. The van der Waals surface area contributed by atoms with Gasteiger partial charge in [0.25, 0.3) is 0 Å². The monoisotopic (exact) mass is 423 g/mol. The molecule has 1 aromatic heterocycles. The number of likely N-dealkylation sites (tertiary alicyclic amines) is 1. The van der Waals surface area contributed by atoms with Crippen LogP contribution >= 0.6 is 0 Å². The number of aromatic nitrogens is 2. The van der Waals surface area contributed by atoms with Crippen molar-refractivity contribution in [1.82, 2.24) is 15.1 Å². The van der Waals surface area contributed by atoms with Gasteiger partial charge in [0.1, 0.15) is 6.29 Å². The number of primary amides is 1. The SMILES string of the molecule is C=C/C=C(\C=C(/C)C=O)c1n[nH]c2ccc(C(N)=O)cc12.NCCN1CCCCCC1. The number of aldehydes is 1. The first kappa shape index (κ1) is 24.2. The van der Waals surface area contributed by atoms with Gasteiger partial charge in [-0.15, -0.1) is 0 Å². The summed E-state index contributed by atoms with van der Waals surface area (Å²) in [6.45, 7) is 9.83. The number of hydrogen-bond acceptors (Lipinski definition) is 5. The van der Waals surface area contributed by atoms with Crippen molar-refractivity contribution in [2.45, 2.75) is 32.6 Å². The molecule has 2 aromatic rings. The summed E-state index contributed by atoms with van der Waals surface area (Å²) in [6, 6.07) is 5.06. The molecule has 0 spiro atoms. The second-order valence-electron chi connectivity index (χ2n) is 7.61. The molecule has 3 rings (SSSR count). The molecular weight excluding hydrogens is 390 g/mol. The van der Waals surface area contributed by atoms with Gasteiger partial charge in [-0.25, -0.2) is 0 Å². The third kappa shape index (κ3) is 7.31. The minimum Gasteiger partial charge on any atom is -0.366 e. The van der Waals surface area contributed by atoms with Crippen LogP contribution in [0.15, 0.2) is 48.6 Å². The van der Waals surface area contributed by atoms with E-state index in [0.717, 1.165) is 35.9 Å². The van der Waals surface area contributed by atoms with E-state index in [1.54, 1.807) is 43.4 Å². The van der Waals surface area contributed by atoms with Crippen LogP contribution in [0.25, 0.3) is 16.5 Å². The zero-order chi connectivity index (χ0) is 22.6. The number of nitrogens with one attached hydrogen (secondary N) is 1. The Morgan fingerprint density at radius 2 is 1.97 bits per heavy atom. The molecule has 5 N–H and O–H groups in total. The van der Waals surface area contributed by atoms with Crippen LogP contribution in [0.3, 0.4) is 0 Å². The van der Waals surface area contributed by atoms with Gasteiger partial charge in [-0.2, -0.15) is 5.10 Å². The van der Waals surface area contributed by atoms with Crippen LogP contribution in [0.1, 0.15) is 48.7 Å². The summed E-state index contributed by atoms with van der Waals surface area (Å²) in [6.07, 6.45) is 11.4. The summed E-state index contributed by atoms with van der Waals surface area (Å²) in [5, 5.41) is 7.90. The minimum atomic E-state index is -0.502. The number of nitrogens with zero attached hydrogens (tertiary/aromatic N) is 2. The normalized spacial score (nSPS) is 15.7. The zero-order valence-electron chi connectivity index (χ0n) is 18.3. The number of carbonyl (C=O) groups is 2. The summed E-state index contributed by atoms with van der Waals surface area (Å²) < 4.78 is 0. The average Bonchev–Trinajstić information content (AvgIpc) is 3.01. The Kier molecular flexibility index (Phi) is 9.87. The number of nitrogens with two attached hydrogens (primary N) is 2. The molecule has 1 aliphatic rings. The second kappa shape index (κ2) is 12.6. The molecule has 0 aliphatic carbocycles. The molecule has 0 bridgehead atoms. The van der Waals surface area contributed by atoms with Gasteiger partial charge in [-0.1, -0.05) is 31.6 Å². The number of hydrogen-bond donors (Lipinski definition) is 3. The fourth-order valence-electron chi connectivity index (χ4n) is 3.53. The van der Waals surface area contributed by atoms with Gasteiger partial charge in [0, 0.05) is 29.6 Å². The molecule has 166 valence electrons. The van der Waals surface area contributed by atoms with E-state index in [4.69, 9.17) is 11.5 Å². The van der Waals surface area contributed by atoms with Gasteiger partial charge in [0.2, 0.25) is 5.91 Å². The van der Waals surface area contributed by atoms with E-state index in [1.165, 1.54) is 38.8 Å². The van der Waals surface area contributed by atoms with Gasteiger partial charge >= 0.3 is 0 Å². The quantitative estimate of drug-likeness (QED) is 0.359. The Morgan fingerprint density at radius 3 is 2.55 bits per heavy atom. The number of amides is 1. The summed E-state index contributed by atoms with van der Waals surface area (Å²) in [4.78, 5) is 24.6. The lowest BCUT2D eigenvalue weighted by Crippen LogP contribution is -2.30. The largest absolute Gasteiger partial charge is 0.366 e. The summed E-state index contributed by atoms with van der Waals surface area (Å²) in [7, 11) is 0. The smallest absolute Gasteiger partial charge is 0.248 e. The van der Waals surface area contributed by atoms with Gasteiger partial charge in [-0.3, -0.25) is 14.7 Å². The Balaban J connectivity index is 0.000000285. The van der Waals surface area contributed by atoms with Crippen LogP contribution in [-0.2, 0) is 4.79 Å². The predicted molar refractivity (Wildman–Crippen MR) is 127 cm³/mol. The van der Waals surface area contributed by atoms with Gasteiger partial charge in [0.05, 0.1) is 11.2 Å². The van der Waals surface area contributed by atoms with E-state index in [0.29, 0.717) is 16.8 Å². The Labute approximate surface area is 183 Å². The highest BCUT2D eigenvalue weighted by molar-refractivity contribution is 6.00. The standard InChI is InChI=1S/C16H15N3O2.C8H18N2/c1-3-4-11(7-10(2)9-20)15-13-8-12(16(17)21)5-6-14(13)18-19-15;9-5-8-10-6-3-1-2-4-7-10/h3-9H,1H2,2H3,(H2,17,21)(H,18,19);1-9H2/b10-7+,11-4+;. The maximum absolute atomic E-state index is 11.3. The van der Waals surface area contributed by atoms with Crippen molar-refractivity contribution in [1.29, 1.82) is 0 Å². The highest BCUT2D eigenvalue weighted by Crippen LogP contribution is 2.25. The number of carbonyl (C=O) groups excluding carboxylic acids is 2. The highest BCUT2D eigenvalue weighted by Gasteiger charge is 2.11. The van der Waals surface area contributed by atoms with Crippen LogP contribution in [0.2, 0.25) is 0 Å². The molecular formula is C24H33N5O2. The van der Waals surface area contributed by atoms with Crippen LogP contribution in [-0.4, -0.2) is 53.5 Å². The van der Waals surface area contributed by atoms with Crippen LogP contribution < -0.4 is 11.5 Å². The number of rotatable bonds is 7. The fourth-order valence-corrected chi connectivity index (χ4v) is 3.53. The molecule has 0 radical (unpaired) electrons. The van der Waals surface area contributed by atoms with Crippen molar-refractivity contribution in [2.75, 3.05) is 26.2 Å². The molecule has 0 unspecified atom stereocenters. The lowest BCUT2D eigenvalue weighted by Gasteiger charge is -2.17. The van der Waals surface area contributed by atoms with Crippen LogP contribution in [0.5, 0.6) is 0 Å². The van der Waals surface area contributed by atoms with E-state index in [9.17, 15) is 9.59 Å². The molecule has 31 heavy (non-hydrogen) atoms. The molecule has 1 amide bonds. The predicted octanol–water partition coefficient (Wildman–Crippen LogP) is 3.20. The van der Waals surface area contributed by atoms with Crippen molar-refractivity contribution < 1.29 is 9.59 Å². The molecule has 2 heterocycles. The second-order valence-corrected chi connectivity index (χ2v) is 7.61. The Hall–Kier alpha value is -3.03. The molecule has 0 saturated carbocycles. The van der Waals surface area contributed by atoms with E-state index < -0.39 is 5.91 Å². The van der Waals surface area contributed by atoms with E-state index in [2.05, 4.69) is 21.7 Å². The maximum atomic E-state index is 11.3. The number of fused-ring (bicyclic) bond motifs is 1. The topological polar surface area (TPSA) is 118 Å². The van der Waals surface area contributed by atoms with Crippen LogP contribution in [0, 0.1) is 0 Å². The number of benzene rings is 1. The van der Waals surface area contributed by atoms with Crippen molar-refractivity contribution in [3.8, 4) is 0 Å². The van der Waals surface area contributed by atoms with E-state index in [-0.39, 0.29) is 0 Å². The van der Waals surface area contributed by atoms with Crippen LogP contribution in [0.4, 0.5) is 0 Å². The Morgan fingerprint density at radius 1 is 1.26 bits per heavy atom. The number of aromatic amines is 1. The maximum Gasteiger partial charge on any atom is 0.248 e. The van der Waals surface area contributed by atoms with E-state index >= 15 is 0 Å². The molecule has 7 nitrogen and oxygen atoms in total. The fraction of sp³-hybridized carbons (Fsp3) is 0.375. The minimum absolute atomic E-state index is 0.402. The third-order valence-electron chi connectivity index (χ3n) is 5.13. The zero-order valence-corrected chi connectivity index (χ0v) is 18.3. The highest BCUT2D eigenvalue weighted by atomic mass is 16.1. The molecule has 1 aromatic carbocycles. The number of allylic oxidation sites excluding steroid dienone is 5. The Bertz CT molecular complexity index is 950. The molecule has 1 fully saturated rings. The molecule has 0 atom stereocenters. The first-order valence-corrected chi connectivity index (χ1v) is 10.7. The van der Waals surface area contributed by atoms with Crippen molar-refractivity contribution >= 4 is 28.7 Å². The van der Waals surface area contributed by atoms with Gasteiger partial charge in [-0.05, 0) is 62.7 Å². The molecule has 1 aliphatic heterocycles. The van der Waals surface area contributed by atoms with Gasteiger partial charge in [0.15, 0.2) is 0 Å². The van der Waals surface area contributed by atoms with E-state index in [1.807, 2.05) is 0 Å². The average molecular weight is 424 g/mol. The summed E-state index contributed by atoms with van der Waals surface area (Å²) in [5.41, 5.74) is 13.9. The molecule has 1 saturated heterocycles. The van der Waals surface area contributed by atoms with Gasteiger partial charge < -0.3 is 16.4 Å².